The van der Waals surface area contributed by atoms with Crippen molar-refractivity contribution in [3.05, 3.63) is 42.0 Å². The average Bonchev–Trinajstić information content (AvgIpc) is 2.75. The van der Waals surface area contributed by atoms with E-state index in [1.54, 1.807) is 6.33 Å². The molecule has 10 heteroatoms. The van der Waals surface area contributed by atoms with Crippen LogP contribution < -0.4 is 9.80 Å². The molecule has 0 atom stereocenters. The topological polar surface area (TPSA) is 57.6 Å². The van der Waals surface area contributed by atoms with Crippen LogP contribution in [0.1, 0.15) is 11.3 Å². The van der Waals surface area contributed by atoms with Gasteiger partial charge >= 0.3 is 6.18 Å². The molecule has 0 unspecified atom stereocenters. The number of ether oxygens (including phenoxy) is 1. The molecule has 0 aromatic carbocycles. The molecule has 4 heterocycles. The van der Waals surface area contributed by atoms with Crippen molar-refractivity contribution in [3.8, 4) is 0 Å². The summed E-state index contributed by atoms with van der Waals surface area (Å²) in [6, 6.07) is 4.56. The zero-order chi connectivity index (χ0) is 20.3. The van der Waals surface area contributed by atoms with E-state index in [9.17, 15) is 13.2 Å². The Morgan fingerprint density at radius 2 is 1.52 bits per heavy atom. The number of alkyl halides is 3. The maximum atomic E-state index is 12.6. The van der Waals surface area contributed by atoms with Gasteiger partial charge in [0.2, 0.25) is 0 Å². The van der Waals surface area contributed by atoms with E-state index in [-0.39, 0.29) is 0 Å². The minimum atomic E-state index is -4.40. The van der Waals surface area contributed by atoms with Gasteiger partial charge in [0.05, 0.1) is 13.2 Å². The summed E-state index contributed by atoms with van der Waals surface area (Å²) in [5.74, 6) is 1.81. The summed E-state index contributed by atoms with van der Waals surface area (Å²) in [7, 11) is 0. The van der Waals surface area contributed by atoms with Gasteiger partial charge in [-0.1, -0.05) is 6.07 Å². The van der Waals surface area contributed by atoms with Crippen LogP contribution in [0, 0.1) is 0 Å². The highest BCUT2D eigenvalue weighted by Crippen LogP contribution is 2.27. The van der Waals surface area contributed by atoms with Crippen LogP contribution in [-0.4, -0.2) is 72.3 Å². The number of piperazine rings is 1. The van der Waals surface area contributed by atoms with E-state index in [1.807, 2.05) is 6.07 Å². The highest BCUT2D eigenvalue weighted by molar-refractivity contribution is 5.50. The number of aromatic nitrogens is 3. The van der Waals surface area contributed by atoms with Crippen LogP contribution in [0.2, 0.25) is 0 Å². The summed E-state index contributed by atoms with van der Waals surface area (Å²) >= 11 is 0. The average molecular weight is 408 g/mol. The molecule has 0 amide bonds. The van der Waals surface area contributed by atoms with Crippen molar-refractivity contribution in [2.75, 3.05) is 62.3 Å². The van der Waals surface area contributed by atoms with Crippen molar-refractivity contribution in [1.29, 1.82) is 0 Å². The molecule has 0 spiro atoms. The molecule has 2 fully saturated rings. The lowest BCUT2D eigenvalue weighted by molar-refractivity contribution is -0.141. The number of anilines is 2. The second-order valence-corrected chi connectivity index (χ2v) is 7.15. The van der Waals surface area contributed by atoms with Crippen molar-refractivity contribution in [3.63, 3.8) is 0 Å². The highest BCUT2D eigenvalue weighted by atomic mass is 19.4. The number of hydrogen-bond acceptors (Lipinski definition) is 7. The predicted octanol–water partition coefficient (Wildman–Crippen LogP) is 2.05. The lowest BCUT2D eigenvalue weighted by atomic mass is 10.2. The molecule has 29 heavy (non-hydrogen) atoms. The number of pyridine rings is 1. The third kappa shape index (κ3) is 4.94. The minimum absolute atomic E-state index is 0.585. The SMILES string of the molecule is FC(F)(F)c1ccc(CN2CCN(c3cc(N4CCOCC4)ncn3)CC2)cn1. The van der Waals surface area contributed by atoms with Gasteiger partial charge in [-0.25, -0.2) is 9.97 Å². The van der Waals surface area contributed by atoms with Crippen LogP contribution in [0.25, 0.3) is 0 Å². The van der Waals surface area contributed by atoms with Crippen molar-refractivity contribution < 1.29 is 17.9 Å². The van der Waals surface area contributed by atoms with E-state index < -0.39 is 11.9 Å². The Labute approximate surface area is 167 Å². The Bertz CT molecular complexity index is 802. The van der Waals surface area contributed by atoms with Crippen molar-refractivity contribution >= 4 is 11.6 Å². The number of halogens is 3. The predicted molar refractivity (Wildman–Crippen MR) is 102 cm³/mol. The van der Waals surface area contributed by atoms with E-state index in [1.165, 1.54) is 12.3 Å². The molecule has 0 saturated carbocycles. The standard InChI is InChI=1S/C19H23F3N6O/c20-19(21,22)16-2-1-15(12-23-16)13-26-3-5-27(6-4-26)17-11-18(25-14-24-17)28-7-9-29-10-8-28/h1-2,11-12,14H,3-10,13H2. The van der Waals surface area contributed by atoms with Crippen LogP contribution in [0.15, 0.2) is 30.7 Å². The quantitative estimate of drug-likeness (QED) is 0.768. The summed E-state index contributed by atoms with van der Waals surface area (Å²) in [6.07, 6.45) is -1.49. The van der Waals surface area contributed by atoms with Gasteiger partial charge in [0, 0.05) is 58.1 Å². The fourth-order valence-corrected chi connectivity index (χ4v) is 3.55. The second-order valence-electron chi connectivity index (χ2n) is 7.15. The summed E-state index contributed by atoms with van der Waals surface area (Å²) in [6.45, 7) is 6.85. The largest absolute Gasteiger partial charge is 0.433 e. The van der Waals surface area contributed by atoms with Crippen LogP contribution >= 0.6 is 0 Å². The third-order valence-corrected chi connectivity index (χ3v) is 5.19. The molecule has 0 N–H and O–H groups in total. The lowest BCUT2D eigenvalue weighted by Crippen LogP contribution is -2.46. The van der Waals surface area contributed by atoms with E-state index in [0.29, 0.717) is 19.8 Å². The number of hydrogen-bond donors (Lipinski definition) is 0. The zero-order valence-electron chi connectivity index (χ0n) is 16.0. The smallest absolute Gasteiger partial charge is 0.378 e. The van der Waals surface area contributed by atoms with Gasteiger partial charge in [-0.2, -0.15) is 13.2 Å². The molecule has 4 rings (SSSR count). The van der Waals surface area contributed by atoms with E-state index in [2.05, 4.69) is 29.7 Å². The molecule has 7 nitrogen and oxygen atoms in total. The number of rotatable bonds is 4. The molecule has 2 aromatic heterocycles. The van der Waals surface area contributed by atoms with Crippen molar-refractivity contribution in [2.24, 2.45) is 0 Å². The van der Waals surface area contributed by atoms with Crippen LogP contribution in [0.5, 0.6) is 0 Å². The maximum Gasteiger partial charge on any atom is 0.433 e. The van der Waals surface area contributed by atoms with Crippen LogP contribution in [-0.2, 0) is 17.5 Å². The Hall–Kier alpha value is -2.46. The Morgan fingerprint density at radius 1 is 0.862 bits per heavy atom. The fraction of sp³-hybridized carbons (Fsp3) is 0.526. The zero-order valence-corrected chi connectivity index (χ0v) is 16.0. The molecule has 2 aromatic rings. The minimum Gasteiger partial charge on any atom is -0.378 e. The van der Waals surface area contributed by atoms with Gasteiger partial charge in [-0.3, -0.25) is 9.88 Å². The van der Waals surface area contributed by atoms with Gasteiger partial charge in [0.15, 0.2) is 0 Å². The molecular formula is C19H23F3N6O. The summed E-state index contributed by atoms with van der Waals surface area (Å²) in [4.78, 5) is 19.0. The monoisotopic (exact) mass is 408 g/mol. The molecular weight excluding hydrogens is 385 g/mol. The van der Waals surface area contributed by atoms with E-state index >= 15 is 0 Å². The third-order valence-electron chi connectivity index (χ3n) is 5.19. The summed E-state index contributed by atoms with van der Waals surface area (Å²) < 4.78 is 43.3. The Balaban J connectivity index is 1.32. The lowest BCUT2D eigenvalue weighted by Gasteiger charge is -2.36. The van der Waals surface area contributed by atoms with Gasteiger partial charge in [-0.15, -0.1) is 0 Å². The first kappa shape index (κ1) is 19.8. The van der Waals surface area contributed by atoms with E-state index in [4.69, 9.17) is 4.74 Å². The molecule has 0 aliphatic carbocycles. The van der Waals surface area contributed by atoms with Gasteiger partial charge < -0.3 is 14.5 Å². The Morgan fingerprint density at radius 3 is 2.10 bits per heavy atom. The summed E-state index contributed by atoms with van der Waals surface area (Å²) in [5, 5.41) is 0. The van der Waals surface area contributed by atoms with Crippen molar-refractivity contribution in [1.82, 2.24) is 19.9 Å². The summed E-state index contributed by atoms with van der Waals surface area (Å²) in [5.41, 5.74) is -0.0750. The molecule has 0 bridgehead atoms. The second kappa shape index (κ2) is 8.50. The maximum absolute atomic E-state index is 12.6. The van der Waals surface area contributed by atoms with E-state index in [0.717, 1.165) is 62.5 Å². The fourth-order valence-electron chi connectivity index (χ4n) is 3.55. The molecule has 2 aliphatic rings. The number of morpholine rings is 1. The Kier molecular flexibility index (Phi) is 5.81. The molecule has 2 saturated heterocycles. The van der Waals surface area contributed by atoms with Gasteiger partial charge in [0.1, 0.15) is 23.7 Å². The normalized spacial score (nSPS) is 18.9. The molecule has 2 aliphatic heterocycles. The first-order valence-electron chi connectivity index (χ1n) is 9.63. The highest BCUT2D eigenvalue weighted by Gasteiger charge is 2.32. The van der Waals surface area contributed by atoms with Crippen LogP contribution in [0.3, 0.4) is 0 Å². The van der Waals surface area contributed by atoms with Gasteiger partial charge in [-0.05, 0) is 11.6 Å². The van der Waals surface area contributed by atoms with Crippen molar-refractivity contribution in [2.45, 2.75) is 12.7 Å². The molecule has 156 valence electrons. The first-order chi connectivity index (χ1) is 14.0. The number of nitrogens with zero attached hydrogens (tertiary/aromatic N) is 6. The molecule has 0 radical (unpaired) electrons. The van der Waals surface area contributed by atoms with Crippen LogP contribution in [0.4, 0.5) is 24.8 Å². The first-order valence-corrected chi connectivity index (χ1v) is 9.63. The van der Waals surface area contributed by atoms with Gasteiger partial charge in [0.25, 0.3) is 0 Å².